The molecule has 1 aromatic carbocycles. The number of rotatable bonds is 5. The van der Waals surface area contributed by atoms with E-state index in [4.69, 9.17) is 4.74 Å². The Morgan fingerprint density at radius 2 is 1.91 bits per heavy atom. The van der Waals surface area contributed by atoms with Gasteiger partial charge in [-0.05, 0) is 51.0 Å². The summed E-state index contributed by atoms with van der Waals surface area (Å²) in [6.45, 7) is 0.463. The quantitative estimate of drug-likeness (QED) is 0.879. The molecule has 2 aliphatic carbocycles. The minimum Gasteiger partial charge on any atom is -0.490 e. The van der Waals surface area contributed by atoms with Gasteiger partial charge in [-0.1, -0.05) is 18.2 Å². The molecule has 1 amide bonds. The Labute approximate surface area is 131 Å². The average Bonchev–Trinajstić information content (AvgIpc) is 3.17. The minimum absolute atomic E-state index is 0.0410. The average molecular weight is 303 g/mol. The van der Waals surface area contributed by atoms with Crippen LogP contribution in [0.1, 0.15) is 50.5 Å². The summed E-state index contributed by atoms with van der Waals surface area (Å²) in [5, 5.41) is 12.8. The van der Waals surface area contributed by atoms with Crippen molar-refractivity contribution >= 4 is 5.91 Å². The molecule has 2 fully saturated rings. The van der Waals surface area contributed by atoms with Crippen LogP contribution in [-0.4, -0.2) is 23.2 Å². The first-order valence-electron chi connectivity index (χ1n) is 8.44. The lowest BCUT2D eigenvalue weighted by Gasteiger charge is -2.18. The van der Waals surface area contributed by atoms with Crippen LogP contribution in [0.3, 0.4) is 0 Å². The molecule has 2 saturated carbocycles. The smallest absolute Gasteiger partial charge is 0.225 e. The SMILES string of the molecule is O=C(NCc1ccccc1OC1CCCC1)C1CCCC1O. The summed E-state index contributed by atoms with van der Waals surface area (Å²) in [4.78, 5) is 12.2. The summed E-state index contributed by atoms with van der Waals surface area (Å²) in [6, 6.07) is 7.91. The molecule has 0 aliphatic heterocycles. The van der Waals surface area contributed by atoms with Gasteiger partial charge in [0.25, 0.3) is 0 Å². The molecule has 0 bridgehead atoms. The van der Waals surface area contributed by atoms with Gasteiger partial charge in [-0.15, -0.1) is 0 Å². The molecule has 0 spiro atoms. The number of carbonyl (C=O) groups excluding carboxylic acids is 1. The topological polar surface area (TPSA) is 58.6 Å². The number of nitrogens with one attached hydrogen (secondary N) is 1. The third-order valence-electron chi connectivity index (χ3n) is 4.84. The fraction of sp³-hybridized carbons (Fsp3) is 0.611. The normalized spacial score (nSPS) is 25.3. The van der Waals surface area contributed by atoms with E-state index in [0.717, 1.165) is 43.4 Å². The van der Waals surface area contributed by atoms with Crippen LogP contribution < -0.4 is 10.1 Å². The van der Waals surface area contributed by atoms with Crippen molar-refractivity contribution in [3.63, 3.8) is 0 Å². The van der Waals surface area contributed by atoms with Gasteiger partial charge in [0.15, 0.2) is 0 Å². The molecule has 0 radical (unpaired) electrons. The highest BCUT2D eigenvalue weighted by atomic mass is 16.5. The molecule has 2 unspecified atom stereocenters. The molecule has 2 atom stereocenters. The molecular formula is C18H25NO3. The number of hydrogen-bond donors (Lipinski definition) is 2. The van der Waals surface area contributed by atoms with Crippen LogP contribution in [0, 0.1) is 5.92 Å². The Kier molecular flexibility index (Phi) is 4.98. The second-order valence-corrected chi connectivity index (χ2v) is 6.45. The summed E-state index contributed by atoms with van der Waals surface area (Å²) in [7, 11) is 0. The number of benzene rings is 1. The maximum atomic E-state index is 12.2. The highest BCUT2D eigenvalue weighted by molar-refractivity contribution is 5.79. The third-order valence-corrected chi connectivity index (χ3v) is 4.84. The molecule has 0 aromatic heterocycles. The molecule has 2 aliphatic rings. The lowest BCUT2D eigenvalue weighted by molar-refractivity contribution is -0.127. The van der Waals surface area contributed by atoms with Crippen LogP contribution in [0.2, 0.25) is 0 Å². The lowest BCUT2D eigenvalue weighted by atomic mass is 10.1. The van der Waals surface area contributed by atoms with Crippen molar-refractivity contribution < 1.29 is 14.6 Å². The van der Waals surface area contributed by atoms with E-state index in [1.54, 1.807) is 0 Å². The number of aliphatic hydroxyl groups is 1. The van der Waals surface area contributed by atoms with Crippen molar-refractivity contribution in [2.45, 2.75) is 63.7 Å². The third kappa shape index (κ3) is 3.61. The molecule has 3 rings (SSSR count). The van der Waals surface area contributed by atoms with E-state index in [-0.39, 0.29) is 11.8 Å². The highest BCUT2D eigenvalue weighted by Crippen LogP contribution is 2.28. The Morgan fingerprint density at radius 3 is 2.64 bits per heavy atom. The maximum absolute atomic E-state index is 12.2. The Hall–Kier alpha value is -1.55. The van der Waals surface area contributed by atoms with Gasteiger partial charge in [-0.25, -0.2) is 0 Å². The van der Waals surface area contributed by atoms with Gasteiger partial charge in [0, 0.05) is 12.1 Å². The molecular weight excluding hydrogens is 278 g/mol. The number of ether oxygens (including phenoxy) is 1. The Balaban J connectivity index is 1.58. The van der Waals surface area contributed by atoms with Crippen LogP contribution in [-0.2, 0) is 11.3 Å². The molecule has 4 nitrogen and oxygen atoms in total. The first-order valence-corrected chi connectivity index (χ1v) is 8.44. The van der Waals surface area contributed by atoms with Crippen LogP contribution in [0.25, 0.3) is 0 Å². The zero-order chi connectivity index (χ0) is 15.4. The monoisotopic (exact) mass is 303 g/mol. The second-order valence-electron chi connectivity index (χ2n) is 6.45. The number of para-hydroxylation sites is 1. The van der Waals surface area contributed by atoms with Crippen LogP contribution in [0.4, 0.5) is 0 Å². The van der Waals surface area contributed by atoms with E-state index >= 15 is 0 Å². The van der Waals surface area contributed by atoms with Gasteiger partial charge in [-0.2, -0.15) is 0 Å². The number of carbonyl (C=O) groups is 1. The van der Waals surface area contributed by atoms with Gasteiger partial charge >= 0.3 is 0 Å². The molecule has 0 heterocycles. The zero-order valence-electron chi connectivity index (χ0n) is 13.0. The standard InChI is InChI=1S/C18H25NO3/c20-16-10-5-9-15(16)18(21)19-12-13-6-1-4-11-17(13)22-14-7-2-3-8-14/h1,4,6,11,14-16,20H,2-3,5,7-10,12H2,(H,19,21). The summed E-state index contributed by atoms with van der Waals surface area (Å²) >= 11 is 0. The Morgan fingerprint density at radius 1 is 1.14 bits per heavy atom. The van der Waals surface area contributed by atoms with Gasteiger partial charge in [0.1, 0.15) is 5.75 Å². The second kappa shape index (κ2) is 7.14. The highest BCUT2D eigenvalue weighted by Gasteiger charge is 2.31. The van der Waals surface area contributed by atoms with Crippen molar-refractivity contribution in [3.05, 3.63) is 29.8 Å². The first kappa shape index (κ1) is 15.3. The van der Waals surface area contributed by atoms with Crippen molar-refractivity contribution in [2.75, 3.05) is 0 Å². The first-order chi connectivity index (χ1) is 10.7. The van der Waals surface area contributed by atoms with Crippen molar-refractivity contribution in [1.29, 1.82) is 0 Å². The summed E-state index contributed by atoms with van der Waals surface area (Å²) < 4.78 is 6.08. The van der Waals surface area contributed by atoms with E-state index in [9.17, 15) is 9.90 Å². The fourth-order valence-corrected chi connectivity index (χ4v) is 3.51. The minimum atomic E-state index is -0.481. The maximum Gasteiger partial charge on any atom is 0.225 e. The zero-order valence-corrected chi connectivity index (χ0v) is 13.0. The number of aliphatic hydroxyl groups excluding tert-OH is 1. The van der Waals surface area contributed by atoms with Gasteiger partial charge in [0.05, 0.1) is 18.1 Å². The predicted molar refractivity (Wildman–Crippen MR) is 84.5 cm³/mol. The number of hydrogen-bond acceptors (Lipinski definition) is 3. The van der Waals surface area contributed by atoms with Crippen molar-refractivity contribution in [2.24, 2.45) is 5.92 Å². The van der Waals surface area contributed by atoms with Crippen LogP contribution in [0.5, 0.6) is 5.75 Å². The van der Waals surface area contributed by atoms with Crippen molar-refractivity contribution in [3.8, 4) is 5.75 Å². The lowest BCUT2D eigenvalue weighted by Crippen LogP contribution is -2.34. The molecule has 22 heavy (non-hydrogen) atoms. The van der Waals surface area contributed by atoms with E-state index in [2.05, 4.69) is 5.32 Å². The van der Waals surface area contributed by atoms with E-state index in [1.165, 1.54) is 12.8 Å². The number of amides is 1. The van der Waals surface area contributed by atoms with Gasteiger partial charge in [-0.3, -0.25) is 4.79 Å². The van der Waals surface area contributed by atoms with Crippen LogP contribution in [0.15, 0.2) is 24.3 Å². The van der Waals surface area contributed by atoms with E-state index in [1.807, 2.05) is 24.3 Å². The molecule has 0 saturated heterocycles. The van der Waals surface area contributed by atoms with Gasteiger partial charge in [0.2, 0.25) is 5.91 Å². The summed E-state index contributed by atoms with van der Waals surface area (Å²) in [6.07, 6.45) is 7.00. The molecule has 4 heteroatoms. The molecule has 1 aromatic rings. The summed E-state index contributed by atoms with van der Waals surface area (Å²) in [5.74, 6) is 0.588. The largest absolute Gasteiger partial charge is 0.490 e. The molecule has 2 N–H and O–H groups in total. The fourth-order valence-electron chi connectivity index (χ4n) is 3.51. The van der Waals surface area contributed by atoms with E-state index < -0.39 is 6.10 Å². The molecule has 120 valence electrons. The Bertz CT molecular complexity index is 511. The van der Waals surface area contributed by atoms with Crippen LogP contribution >= 0.6 is 0 Å². The summed E-state index contributed by atoms with van der Waals surface area (Å²) in [5.41, 5.74) is 1.01. The predicted octanol–water partition coefficient (Wildman–Crippen LogP) is 2.79. The van der Waals surface area contributed by atoms with Gasteiger partial charge < -0.3 is 15.2 Å². The van der Waals surface area contributed by atoms with Crippen molar-refractivity contribution in [1.82, 2.24) is 5.32 Å². The van der Waals surface area contributed by atoms with E-state index in [0.29, 0.717) is 12.6 Å².